The molecule has 0 fully saturated rings. The largest absolute Gasteiger partial charge is 0.364 e. The highest BCUT2D eigenvalue weighted by molar-refractivity contribution is 7.89. The third-order valence-electron chi connectivity index (χ3n) is 2.42. The minimum atomic E-state index is -3.59. The van der Waals surface area contributed by atoms with Crippen LogP contribution in [0.3, 0.4) is 0 Å². The third kappa shape index (κ3) is 2.76. The average molecular weight is 267 g/mol. The number of aromatic nitrogens is 1. The van der Waals surface area contributed by atoms with Gasteiger partial charge in [0.1, 0.15) is 6.26 Å². The van der Waals surface area contributed by atoms with Crippen molar-refractivity contribution in [2.75, 3.05) is 0 Å². The van der Waals surface area contributed by atoms with E-state index in [1.54, 1.807) is 24.3 Å². The summed E-state index contributed by atoms with van der Waals surface area (Å²) in [6, 6.07) is 8.21. The Kier molecular flexibility index (Phi) is 3.75. The number of rotatable bonds is 5. The van der Waals surface area contributed by atoms with E-state index in [1.807, 2.05) is 0 Å². The van der Waals surface area contributed by atoms with E-state index in [1.165, 1.54) is 12.3 Å². The van der Waals surface area contributed by atoms with E-state index in [0.717, 1.165) is 0 Å². The number of nitrogens with one attached hydrogen (secondary N) is 1. The molecule has 0 aliphatic carbocycles. The Morgan fingerprint density at radius 3 is 2.72 bits per heavy atom. The topological polar surface area (TPSA) is 98.2 Å². The van der Waals surface area contributed by atoms with Crippen LogP contribution in [0, 0.1) is 0 Å². The van der Waals surface area contributed by atoms with Crippen LogP contribution in [-0.2, 0) is 23.1 Å². The van der Waals surface area contributed by atoms with Crippen molar-refractivity contribution in [3.05, 3.63) is 47.9 Å². The molecule has 7 heteroatoms. The summed E-state index contributed by atoms with van der Waals surface area (Å²) in [5.74, 6) is 0. The monoisotopic (exact) mass is 267 g/mol. The van der Waals surface area contributed by atoms with Crippen LogP contribution in [-0.4, -0.2) is 13.6 Å². The molecule has 0 unspecified atom stereocenters. The molecule has 6 nitrogen and oxygen atoms in total. The number of hydrogen-bond donors (Lipinski definition) is 2. The lowest BCUT2D eigenvalue weighted by Crippen LogP contribution is -2.25. The van der Waals surface area contributed by atoms with Crippen LogP contribution in [0.25, 0.3) is 0 Å². The molecule has 2 rings (SSSR count). The number of sulfonamides is 1. The van der Waals surface area contributed by atoms with E-state index in [-0.39, 0.29) is 18.0 Å². The lowest BCUT2D eigenvalue weighted by molar-refractivity contribution is 0.411. The Hall–Kier alpha value is -1.70. The lowest BCUT2D eigenvalue weighted by atomic mass is 10.2. The molecule has 96 valence electrons. The van der Waals surface area contributed by atoms with Crippen molar-refractivity contribution < 1.29 is 12.9 Å². The standard InChI is InChI=1S/C11H13N3O3S/c12-7-9-3-1-2-4-11(9)18(15,16)13-8-10-5-6-17-14-10/h1-6,13H,7-8,12H2. The fourth-order valence-corrected chi connectivity index (χ4v) is 2.76. The van der Waals surface area contributed by atoms with Gasteiger partial charge in [0.25, 0.3) is 0 Å². The van der Waals surface area contributed by atoms with Gasteiger partial charge < -0.3 is 10.3 Å². The van der Waals surface area contributed by atoms with Gasteiger partial charge in [0.15, 0.2) is 0 Å². The Morgan fingerprint density at radius 2 is 2.06 bits per heavy atom. The fraction of sp³-hybridized carbons (Fsp3) is 0.182. The predicted molar refractivity (Wildman–Crippen MR) is 64.9 cm³/mol. The first-order valence-corrected chi connectivity index (χ1v) is 6.78. The minimum Gasteiger partial charge on any atom is -0.364 e. The summed E-state index contributed by atoms with van der Waals surface area (Å²) in [6.45, 7) is 0.249. The maximum atomic E-state index is 12.1. The zero-order valence-corrected chi connectivity index (χ0v) is 10.4. The van der Waals surface area contributed by atoms with Gasteiger partial charge in [-0.2, -0.15) is 0 Å². The molecule has 0 amide bonds. The predicted octanol–water partition coefficient (Wildman–Crippen LogP) is 0.612. The van der Waals surface area contributed by atoms with E-state index in [9.17, 15) is 8.42 Å². The summed E-state index contributed by atoms with van der Waals surface area (Å²) in [6.07, 6.45) is 1.39. The second-order valence-corrected chi connectivity index (χ2v) is 5.36. The summed E-state index contributed by atoms with van der Waals surface area (Å²) >= 11 is 0. The average Bonchev–Trinajstić information content (AvgIpc) is 2.89. The first kappa shape index (κ1) is 12.7. The molecule has 0 spiro atoms. The first-order valence-electron chi connectivity index (χ1n) is 5.30. The normalized spacial score (nSPS) is 11.6. The molecule has 0 bridgehead atoms. The lowest BCUT2D eigenvalue weighted by Gasteiger charge is -2.09. The van der Waals surface area contributed by atoms with E-state index < -0.39 is 10.0 Å². The molecule has 0 aliphatic heterocycles. The van der Waals surface area contributed by atoms with Crippen LogP contribution >= 0.6 is 0 Å². The zero-order valence-electron chi connectivity index (χ0n) is 9.54. The van der Waals surface area contributed by atoms with E-state index >= 15 is 0 Å². The Balaban J connectivity index is 2.20. The molecule has 0 saturated heterocycles. The maximum absolute atomic E-state index is 12.1. The smallest absolute Gasteiger partial charge is 0.241 e. The summed E-state index contributed by atoms with van der Waals surface area (Å²) in [5, 5.41) is 3.63. The van der Waals surface area contributed by atoms with Crippen molar-refractivity contribution >= 4 is 10.0 Å². The number of benzene rings is 1. The zero-order chi connectivity index (χ0) is 13.0. The maximum Gasteiger partial charge on any atom is 0.241 e. The molecule has 1 aromatic heterocycles. The van der Waals surface area contributed by atoms with Gasteiger partial charge in [-0.1, -0.05) is 23.4 Å². The first-order chi connectivity index (χ1) is 8.63. The van der Waals surface area contributed by atoms with E-state index in [4.69, 9.17) is 5.73 Å². The van der Waals surface area contributed by atoms with E-state index in [2.05, 4.69) is 14.4 Å². The van der Waals surface area contributed by atoms with Gasteiger partial charge in [-0.05, 0) is 11.6 Å². The van der Waals surface area contributed by atoms with Gasteiger partial charge in [-0.15, -0.1) is 0 Å². The van der Waals surface area contributed by atoms with Crippen LogP contribution in [0.4, 0.5) is 0 Å². The molecule has 0 radical (unpaired) electrons. The van der Waals surface area contributed by atoms with Gasteiger partial charge in [0.2, 0.25) is 10.0 Å². The molecule has 1 heterocycles. The van der Waals surface area contributed by atoms with Crippen LogP contribution in [0.5, 0.6) is 0 Å². The molecule has 2 aromatic rings. The van der Waals surface area contributed by atoms with Crippen molar-refractivity contribution in [1.82, 2.24) is 9.88 Å². The molecule has 3 N–H and O–H groups in total. The Morgan fingerprint density at radius 1 is 1.28 bits per heavy atom. The summed E-state index contributed by atoms with van der Waals surface area (Å²) in [7, 11) is -3.59. The number of nitrogens with zero attached hydrogens (tertiary/aromatic N) is 1. The van der Waals surface area contributed by atoms with Gasteiger partial charge in [-0.3, -0.25) is 0 Å². The van der Waals surface area contributed by atoms with Crippen LogP contribution < -0.4 is 10.5 Å². The van der Waals surface area contributed by atoms with Crippen LogP contribution in [0.1, 0.15) is 11.3 Å². The quantitative estimate of drug-likeness (QED) is 0.827. The molecule has 0 aliphatic rings. The van der Waals surface area contributed by atoms with Gasteiger partial charge in [-0.25, -0.2) is 13.1 Å². The summed E-state index contributed by atoms with van der Waals surface area (Å²) < 4.78 is 31.2. The fourth-order valence-electron chi connectivity index (χ4n) is 1.51. The Labute approximate surface area is 105 Å². The molecule has 0 atom stereocenters. The molecule has 1 aromatic carbocycles. The molecule has 18 heavy (non-hydrogen) atoms. The highest BCUT2D eigenvalue weighted by Gasteiger charge is 2.17. The summed E-state index contributed by atoms with van der Waals surface area (Å²) in [5.41, 5.74) is 6.61. The third-order valence-corrected chi connectivity index (χ3v) is 3.92. The van der Waals surface area contributed by atoms with E-state index in [0.29, 0.717) is 11.3 Å². The van der Waals surface area contributed by atoms with Gasteiger partial charge in [0.05, 0.1) is 17.1 Å². The highest BCUT2D eigenvalue weighted by Crippen LogP contribution is 2.14. The van der Waals surface area contributed by atoms with Crippen molar-refractivity contribution in [3.63, 3.8) is 0 Å². The SMILES string of the molecule is NCc1ccccc1S(=O)(=O)NCc1ccon1. The van der Waals surface area contributed by atoms with Gasteiger partial charge in [0, 0.05) is 12.6 Å². The minimum absolute atomic E-state index is 0.0811. The van der Waals surface area contributed by atoms with Crippen molar-refractivity contribution in [2.24, 2.45) is 5.73 Å². The number of nitrogens with two attached hydrogens (primary N) is 1. The number of hydrogen-bond acceptors (Lipinski definition) is 5. The van der Waals surface area contributed by atoms with Crippen molar-refractivity contribution in [2.45, 2.75) is 18.0 Å². The highest BCUT2D eigenvalue weighted by atomic mass is 32.2. The molecule has 0 saturated carbocycles. The molecular weight excluding hydrogens is 254 g/mol. The van der Waals surface area contributed by atoms with Crippen LogP contribution in [0.2, 0.25) is 0 Å². The van der Waals surface area contributed by atoms with Crippen molar-refractivity contribution in [1.29, 1.82) is 0 Å². The van der Waals surface area contributed by atoms with Crippen molar-refractivity contribution in [3.8, 4) is 0 Å². The summed E-state index contributed by atoms with van der Waals surface area (Å²) in [4.78, 5) is 0.191. The second-order valence-electron chi connectivity index (χ2n) is 3.63. The second kappa shape index (κ2) is 5.30. The Bertz CT molecular complexity index is 608. The van der Waals surface area contributed by atoms with Crippen LogP contribution in [0.15, 0.2) is 46.0 Å². The van der Waals surface area contributed by atoms with Gasteiger partial charge >= 0.3 is 0 Å². The molecular formula is C11H13N3O3S.